The normalized spacial score (nSPS) is 11.2. The molecule has 0 unspecified atom stereocenters. The van der Waals surface area contributed by atoms with Gasteiger partial charge in [0.25, 0.3) is 0 Å². The van der Waals surface area contributed by atoms with E-state index in [-0.39, 0.29) is 0 Å². The van der Waals surface area contributed by atoms with Gasteiger partial charge in [0, 0.05) is 12.8 Å². The maximum atomic E-state index is 11.7. The minimum Gasteiger partial charge on any atom is -0.299 e. The van der Waals surface area contributed by atoms with Crippen molar-refractivity contribution in [3.8, 4) is 0 Å². The molecule has 0 aromatic heterocycles. The second-order valence-corrected chi connectivity index (χ2v) is 5.54. The third kappa shape index (κ3) is 5.16. The van der Waals surface area contributed by atoms with Crippen LogP contribution in [0.15, 0.2) is 24.3 Å². The third-order valence-corrected chi connectivity index (χ3v) is 3.05. The monoisotopic (exact) mass is 232 g/mol. The third-order valence-electron chi connectivity index (χ3n) is 3.05. The van der Waals surface area contributed by atoms with E-state index in [1.807, 2.05) is 0 Å². The van der Waals surface area contributed by atoms with Crippen LogP contribution in [-0.2, 0) is 11.2 Å². The SMILES string of the molecule is CC(C)CCC(=O)Cc1ccc(C(C)C)cc1. The van der Waals surface area contributed by atoms with Gasteiger partial charge in [-0.15, -0.1) is 0 Å². The summed E-state index contributed by atoms with van der Waals surface area (Å²) in [5.74, 6) is 1.53. The van der Waals surface area contributed by atoms with Crippen LogP contribution in [0.25, 0.3) is 0 Å². The first-order valence-electron chi connectivity index (χ1n) is 6.59. The Morgan fingerprint density at radius 2 is 1.65 bits per heavy atom. The molecule has 1 aromatic carbocycles. The molecule has 1 nitrogen and oxygen atoms in total. The number of carbonyl (C=O) groups excluding carboxylic acids is 1. The molecule has 0 heterocycles. The predicted octanol–water partition coefficient (Wildman–Crippen LogP) is 4.36. The zero-order valence-electron chi connectivity index (χ0n) is 11.5. The molecule has 17 heavy (non-hydrogen) atoms. The van der Waals surface area contributed by atoms with Crippen molar-refractivity contribution in [2.45, 2.75) is 52.9 Å². The predicted molar refractivity (Wildman–Crippen MR) is 73.3 cm³/mol. The summed E-state index contributed by atoms with van der Waals surface area (Å²) in [7, 11) is 0. The Kier molecular flexibility index (Phi) is 5.40. The number of carbonyl (C=O) groups is 1. The van der Waals surface area contributed by atoms with Gasteiger partial charge in [-0.3, -0.25) is 4.79 Å². The van der Waals surface area contributed by atoms with E-state index in [0.717, 1.165) is 12.0 Å². The number of ketones is 1. The van der Waals surface area contributed by atoms with Gasteiger partial charge in [-0.1, -0.05) is 52.0 Å². The highest BCUT2D eigenvalue weighted by Crippen LogP contribution is 2.15. The molecule has 0 radical (unpaired) electrons. The van der Waals surface area contributed by atoms with Crippen LogP contribution in [-0.4, -0.2) is 5.78 Å². The molecule has 0 saturated carbocycles. The highest BCUT2D eigenvalue weighted by Gasteiger charge is 2.06. The zero-order chi connectivity index (χ0) is 12.8. The molecule has 0 bridgehead atoms. The molecule has 94 valence electrons. The first-order chi connectivity index (χ1) is 7.99. The molecular formula is C16H24O. The molecule has 0 amide bonds. The van der Waals surface area contributed by atoms with Crippen molar-refractivity contribution in [3.05, 3.63) is 35.4 Å². The lowest BCUT2D eigenvalue weighted by atomic mass is 9.98. The summed E-state index contributed by atoms with van der Waals surface area (Å²) in [5.41, 5.74) is 2.48. The van der Waals surface area contributed by atoms with Crippen molar-refractivity contribution in [2.75, 3.05) is 0 Å². The topological polar surface area (TPSA) is 17.1 Å². The molecule has 0 atom stereocenters. The van der Waals surface area contributed by atoms with Crippen LogP contribution in [0.4, 0.5) is 0 Å². The van der Waals surface area contributed by atoms with Crippen LogP contribution in [0.2, 0.25) is 0 Å². The number of hydrogen-bond acceptors (Lipinski definition) is 1. The van der Waals surface area contributed by atoms with Crippen molar-refractivity contribution in [1.29, 1.82) is 0 Å². The summed E-state index contributed by atoms with van der Waals surface area (Å²) >= 11 is 0. The number of hydrogen-bond donors (Lipinski definition) is 0. The lowest BCUT2D eigenvalue weighted by Crippen LogP contribution is -2.04. The molecule has 0 aliphatic rings. The average molecular weight is 232 g/mol. The second kappa shape index (κ2) is 6.58. The largest absolute Gasteiger partial charge is 0.299 e. The Bertz CT molecular complexity index is 346. The zero-order valence-corrected chi connectivity index (χ0v) is 11.5. The van der Waals surface area contributed by atoms with E-state index in [4.69, 9.17) is 0 Å². The fourth-order valence-corrected chi connectivity index (χ4v) is 1.79. The van der Waals surface area contributed by atoms with Gasteiger partial charge in [0.05, 0.1) is 0 Å². The fourth-order valence-electron chi connectivity index (χ4n) is 1.79. The van der Waals surface area contributed by atoms with E-state index >= 15 is 0 Å². The molecule has 0 fully saturated rings. The lowest BCUT2D eigenvalue weighted by Gasteiger charge is -2.07. The molecule has 0 spiro atoms. The summed E-state index contributed by atoms with van der Waals surface area (Å²) in [4.78, 5) is 11.7. The maximum Gasteiger partial charge on any atom is 0.137 e. The van der Waals surface area contributed by atoms with Gasteiger partial charge < -0.3 is 0 Å². The van der Waals surface area contributed by atoms with Crippen molar-refractivity contribution in [3.63, 3.8) is 0 Å². The highest BCUT2D eigenvalue weighted by atomic mass is 16.1. The summed E-state index contributed by atoms with van der Waals surface area (Å²) in [6.07, 6.45) is 2.30. The fraction of sp³-hybridized carbons (Fsp3) is 0.562. The van der Waals surface area contributed by atoms with E-state index in [1.54, 1.807) is 0 Å². The van der Waals surface area contributed by atoms with Crippen molar-refractivity contribution >= 4 is 5.78 Å². The van der Waals surface area contributed by atoms with Gasteiger partial charge >= 0.3 is 0 Å². The first kappa shape index (κ1) is 14.0. The van der Waals surface area contributed by atoms with Crippen LogP contribution in [0.3, 0.4) is 0 Å². The lowest BCUT2D eigenvalue weighted by molar-refractivity contribution is -0.118. The minimum atomic E-state index is 0.357. The van der Waals surface area contributed by atoms with Crippen LogP contribution in [0.1, 0.15) is 57.6 Å². The van der Waals surface area contributed by atoms with E-state index in [2.05, 4.69) is 52.0 Å². The quantitative estimate of drug-likeness (QED) is 0.712. The first-order valence-corrected chi connectivity index (χ1v) is 6.59. The smallest absolute Gasteiger partial charge is 0.137 e. The summed E-state index contributed by atoms with van der Waals surface area (Å²) in [5, 5.41) is 0. The van der Waals surface area contributed by atoms with Gasteiger partial charge in [-0.2, -0.15) is 0 Å². The van der Waals surface area contributed by atoms with Gasteiger partial charge in [0.15, 0.2) is 0 Å². The molecule has 0 aliphatic carbocycles. The van der Waals surface area contributed by atoms with E-state index in [1.165, 1.54) is 5.56 Å². The van der Waals surface area contributed by atoms with Gasteiger partial charge in [-0.05, 0) is 29.4 Å². The van der Waals surface area contributed by atoms with E-state index in [0.29, 0.717) is 30.5 Å². The minimum absolute atomic E-state index is 0.357. The molecule has 0 aliphatic heterocycles. The molecule has 1 aromatic rings. The standard InChI is InChI=1S/C16H24O/c1-12(2)5-10-16(17)11-14-6-8-15(9-7-14)13(3)4/h6-9,12-13H,5,10-11H2,1-4H3. The van der Waals surface area contributed by atoms with Crippen LogP contribution in [0.5, 0.6) is 0 Å². The summed E-state index contributed by atoms with van der Waals surface area (Å²) in [6.45, 7) is 8.68. The Labute approximate surface area is 105 Å². The molecular weight excluding hydrogens is 208 g/mol. The van der Waals surface area contributed by atoms with Crippen LogP contribution in [0, 0.1) is 5.92 Å². The average Bonchev–Trinajstić information content (AvgIpc) is 2.27. The van der Waals surface area contributed by atoms with Crippen molar-refractivity contribution < 1.29 is 4.79 Å². The number of rotatable bonds is 6. The van der Waals surface area contributed by atoms with E-state index < -0.39 is 0 Å². The maximum absolute atomic E-state index is 11.7. The van der Waals surface area contributed by atoms with Crippen molar-refractivity contribution in [1.82, 2.24) is 0 Å². The van der Waals surface area contributed by atoms with Gasteiger partial charge in [0.2, 0.25) is 0 Å². The second-order valence-electron chi connectivity index (χ2n) is 5.54. The van der Waals surface area contributed by atoms with Crippen LogP contribution >= 0.6 is 0 Å². The number of Topliss-reactive ketones (excluding diaryl/α,β-unsaturated/α-hetero) is 1. The Hall–Kier alpha value is -1.11. The summed E-state index contributed by atoms with van der Waals surface area (Å²) < 4.78 is 0. The molecule has 0 N–H and O–H groups in total. The van der Waals surface area contributed by atoms with Crippen LogP contribution < -0.4 is 0 Å². The Balaban J connectivity index is 2.48. The molecule has 1 rings (SSSR count). The van der Waals surface area contributed by atoms with Crippen molar-refractivity contribution in [2.24, 2.45) is 5.92 Å². The Morgan fingerprint density at radius 1 is 1.06 bits per heavy atom. The number of benzene rings is 1. The highest BCUT2D eigenvalue weighted by molar-refractivity contribution is 5.80. The van der Waals surface area contributed by atoms with Gasteiger partial charge in [0.1, 0.15) is 5.78 Å². The summed E-state index contributed by atoms with van der Waals surface area (Å²) in [6, 6.07) is 8.44. The van der Waals surface area contributed by atoms with E-state index in [9.17, 15) is 4.79 Å². The molecule has 0 saturated heterocycles. The van der Waals surface area contributed by atoms with Gasteiger partial charge in [-0.25, -0.2) is 0 Å². The Morgan fingerprint density at radius 3 is 2.12 bits per heavy atom. The molecule has 1 heteroatoms.